The summed E-state index contributed by atoms with van der Waals surface area (Å²) in [4.78, 5) is 11.0. The fourth-order valence-corrected chi connectivity index (χ4v) is 4.95. The number of hydrogen-bond acceptors (Lipinski definition) is 2. The van der Waals surface area contributed by atoms with Crippen LogP contribution in [0, 0.1) is 23.2 Å². The van der Waals surface area contributed by atoms with Gasteiger partial charge < -0.3 is 10.8 Å². The SMILES string of the molecule is NC[C@@]1(CC(=O)O)[C@@H]2C[C@@H]3CC[C@H]1[C@@]2(F)C3. The Morgan fingerprint density at radius 1 is 1.44 bits per heavy atom. The number of aliphatic carboxylic acids is 1. The Balaban J connectivity index is 1.95. The summed E-state index contributed by atoms with van der Waals surface area (Å²) in [5.74, 6) is -0.528. The number of alkyl halides is 1. The molecule has 16 heavy (non-hydrogen) atoms. The fraction of sp³-hybridized carbons (Fsp3) is 0.917. The minimum Gasteiger partial charge on any atom is -0.481 e. The van der Waals surface area contributed by atoms with Gasteiger partial charge in [0.05, 0.1) is 6.42 Å². The van der Waals surface area contributed by atoms with Crippen LogP contribution in [0.3, 0.4) is 0 Å². The molecular formula is C12H18FNO2. The number of carbonyl (C=O) groups is 1. The van der Waals surface area contributed by atoms with Crippen molar-refractivity contribution < 1.29 is 14.3 Å². The predicted molar refractivity (Wildman–Crippen MR) is 56.5 cm³/mol. The lowest BCUT2D eigenvalue weighted by atomic mass is 9.43. The van der Waals surface area contributed by atoms with Gasteiger partial charge in [-0.15, -0.1) is 0 Å². The van der Waals surface area contributed by atoms with Crippen molar-refractivity contribution in [2.75, 3.05) is 6.54 Å². The van der Waals surface area contributed by atoms with E-state index in [-0.39, 0.29) is 18.3 Å². The molecule has 5 atom stereocenters. The van der Waals surface area contributed by atoms with E-state index < -0.39 is 17.1 Å². The summed E-state index contributed by atoms with van der Waals surface area (Å²) >= 11 is 0. The molecule has 3 fully saturated rings. The second kappa shape index (κ2) is 2.97. The summed E-state index contributed by atoms with van der Waals surface area (Å²) < 4.78 is 14.7. The van der Waals surface area contributed by atoms with Gasteiger partial charge in [0.2, 0.25) is 0 Å². The van der Waals surface area contributed by atoms with Gasteiger partial charge in [-0.25, -0.2) is 4.39 Å². The predicted octanol–water partition coefficient (Wildman–Crippen LogP) is 1.56. The molecule has 0 spiro atoms. The molecule has 0 aliphatic heterocycles. The molecule has 0 amide bonds. The zero-order valence-electron chi connectivity index (χ0n) is 9.29. The van der Waals surface area contributed by atoms with Crippen molar-refractivity contribution >= 4 is 5.97 Å². The normalized spacial score (nSPS) is 53.5. The molecule has 3 nitrogen and oxygen atoms in total. The van der Waals surface area contributed by atoms with Gasteiger partial charge in [0.1, 0.15) is 5.67 Å². The Bertz CT molecular complexity index is 338. The largest absolute Gasteiger partial charge is 0.481 e. The lowest BCUT2D eigenvalue weighted by molar-refractivity contribution is -0.205. The zero-order chi connectivity index (χ0) is 11.6. The molecule has 90 valence electrons. The fourth-order valence-electron chi connectivity index (χ4n) is 4.95. The maximum absolute atomic E-state index is 14.7. The van der Waals surface area contributed by atoms with Gasteiger partial charge in [0.25, 0.3) is 0 Å². The summed E-state index contributed by atoms with van der Waals surface area (Å²) in [6.07, 6.45) is 3.47. The highest BCUT2D eigenvalue weighted by Gasteiger charge is 2.75. The van der Waals surface area contributed by atoms with Crippen LogP contribution in [0.15, 0.2) is 0 Å². The van der Waals surface area contributed by atoms with Crippen LogP contribution in [0.1, 0.15) is 32.1 Å². The van der Waals surface area contributed by atoms with E-state index in [9.17, 15) is 9.18 Å². The molecule has 3 aliphatic rings. The Morgan fingerprint density at radius 3 is 2.81 bits per heavy atom. The van der Waals surface area contributed by atoms with Gasteiger partial charge in [-0.1, -0.05) is 0 Å². The van der Waals surface area contributed by atoms with Crippen molar-refractivity contribution in [3.63, 3.8) is 0 Å². The second-order valence-electron chi connectivity index (χ2n) is 5.92. The van der Waals surface area contributed by atoms with E-state index in [2.05, 4.69) is 0 Å². The van der Waals surface area contributed by atoms with E-state index in [0.29, 0.717) is 18.9 Å². The van der Waals surface area contributed by atoms with Crippen molar-refractivity contribution in [2.24, 2.45) is 28.9 Å². The van der Waals surface area contributed by atoms with Gasteiger partial charge in [0, 0.05) is 17.3 Å². The van der Waals surface area contributed by atoms with E-state index in [0.717, 1.165) is 19.3 Å². The molecule has 4 heteroatoms. The van der Waals surface area contributed by atoms with Crippen LogP contribution in [0.4, 0.5) is 4.39 Å². The van der Waals surface area contributed by atoms with E-state index >= 15 is 0 Å². The van der Waals surface area contributed by atoms with E-state index in [4.69, 9.17) is 10.8 Å². The number of fused-ring (bicyclic) bond motifs is 1. The molecule has 0 unspecified atom stereocenters. The molecule has 0 radical (unpaired) electrons. The lowest BCUT2D eigenvalue weighted by Crippen LogP contribution is -2.68. The van der Waals surface area contributed by atoms with Crippen LogP contribution in [0.5, 0.6) is 0 Å². The van der Waals surface area contributed by atoms with Crippen molar-refractivity contribution in [2.45, 2.75) is 37.8 Å². The molecule has 0 aromatic rings. The van der Waals surface area contributed by atoms with Gasteiger partial charge in [-0.3, -0.25) is 4.79 Å². The first-order chi connectivity index (χ1) is 7.53. The summed E-state index contributed by atoms with van der Waals surface area (Å²) in [5.41, 5.74) is 4.28. The van der Waals surface area contributed by atoms with Crippen LogP contribution in [-0.4, -0.2) is 23.3 Å². The molecule has 0 aromatic carbocycles. The lowest BCUT2D eigenvalue weighted by Gasteiger charge is -2.62. The molecule has 3 rings (SSSR count). The summed E-state index contributed by atoms with van der Waals surface area (Å²) in [7, 11) is 0. The quantitative estimate of drug-likeness (QED) is 0.769. The highest BCUT2D eigenvalue weighted by atomic mass is 19.1. The molecule has 3 N–H and O–H groups in total. The Kier molecular flexibility index (Phi) is 1.95. The van der Waals surface area contributed by atoms with Crippen molar-refractivity contribution in [1.82, 2.24) is 0 Å². The summed E-state index contributed by atoms with van der Waals surface area (Å²) in [5, 5.41) is 9.00. The van der Waals surface area contributed by atoms with Crippen LogP contribution in [0.2, 0.25) is 0 Å². The highest BCUT2D eigenvalue weighted by Crippen LogP contribution is 2.74. The Hall–Kier alpha value is -0.640. The molecule has 3 saturated carbocycles. The van der Waals surface area contributed by atoms with Crippen LogP contribution < -0.4 is 5.73 Å². The van der Waals surface area contributed by atoms with Gasteiger partial charge in [0.15, 0.2) is 0 Å². The topological polar surface area (TPSA) is 63.3 Å². The average Bonchev–Trinajstić information content (AvgIpc) is 2.35. The van der Waals surface area contributed by atoms with Gasteiger partial charge in [-0.2, -0.15) is 0 Å². The van der Waals surface area contributed by atoms with Gasteiger partial charge in [-0.05, 0) is 38.1 Å². The average molecular weight is 227 g/mol. The molecule has 3 aliphatic carbocycles. The van der Waals surface area contributed by atoms with Crippen molar-refractivity contribution in [1.29, 1.82) is 0 Å². The number of hydrogen-bond donors (Lipinski definition) is 2. The second-order valence-corrected chi connectivity index (χ2v) is 5.92. The number of halogens is 1. The molecule has 0 saturated heterocycles. The smallest absolute Gasteiger partial charge is 0.303 e. The number of carboxylic acid groups (broad SMARTS) is 1. The Labute approximate surface area is 94.2 Å². The summed E-state index contributed by atoms with van der Waals surface area (Å²) in [6, 6.07) is 0. The van der Waals surface area contributed by atoms with Crippen molar-refractivity contribution in [3.8, 4) is 0 Å². The van der Waals surface area contributed by atoms with E-state index in [1.165, 1.54) is 0 Å². The third kappa shape index (κ3) is 0.992. The highest BCUT2D eigenvalue weighted by molar-refractivity contribution is 5.68. The monoisotopic (exact) mass is 227 g/mol. The Morgan fingerprint density at radius 2 is 2.19 bits per heavy atom. The van der Waals surface area contributed by atoms with E-state index in [1.807, 2.05) is 0 Å². The standard InChI is InChI=1S/C12H18FNO2/c13-12-4-7-1-2-8(12)11(6-14,5-10(15)16)9(12)3-7/h7-9H,1-6,14H2,(H,15,16)/t7-,8+,9-,11+,12-/m0/s1. The first-order valence-corrected chi connectivity index (χ1v) is 6.14. The van der Waals surface area contributed by atoms with Crippen molar-refractivity contribution in [3.05, 3.63) is 0 Å². The minimum absolute atomic E-state index is 0.0528. The summed E-state index contributed by atoms with van der Waals surface area (Å²) in [6.45, 7) is 0.326. The van der Waals surface area contributed by atoms with Crippen LogP contribution in [-0.2, 0) is 4.79 Å². The molecule has 0 aromatic heterocycles. The molecule has 0 heterocycles. The maximum atomic E-state index is 14.7. The molecule has 2 bridgehead atoms. The zero-order valence-corrected chi connectivity index (χ0v) is 9.29. The number of nitrogens with two attached hydrogens (primary N) is 1. The maximum Gasteiger partial charge on any atom is 0.303 e. The number of carboxylic acids is 1. The van der Waals surface area contributed by atoms with Crippen LogP contribution >= 0.6 is 0 Å². The third-order valence-corrected chi connectivity index (χ3v) is 5.44. The molecular weight excluding hydrogens is 209 g/mol. The minimum atomic E-state index is -1.07. The number of rotatable bonds is 3. The van der Waals surface area contributed by atoms with Crippen LogP contribution in [0.25, 0.3) is 0 Å². The van der Waals surface area contributed by atoms with E-state index in [1.54, 1.807) is 0 Å². The van der Waals surface area contributed by atoms with Gasteiger partial charge >= 0.3 is 5.97 Å². The first kappa shape index (κ1) is 10.5. The third-order valence-electron chi connectivity index (χ3n) is 5.44. The first-order valence-electron chi connectivity index (χ1n) is 6.14.